The molecule has 0 amide bonds. The monoisotopic (exact) mass is 1120 g/mol. The molecule has 12 aromatic rings. The van der Waals surface area contributed by atoms with Crippen LogP contribution >= 0.6 is 0 Å². The lowest BCUT2D eigenvalue weighted by Crippen LogP contribution is -2.26. The minimum atomic E-state index is -0.516. The molecule has 12 aromatic carbocycles. The van der Waals surface area contributed by atoms with Gasteiger partial charge in [-0.15, -0.1) is 0 Å². The standard InChI is InChI=1S/C86H71N/c1-7-46-83(3,4)62-49-61(50-63(53-62)84(5,6)47-8-2)58-40-38-57(39-41-58)60-48-59(56-24-10-9-11-25-56)51-66(52-60)87(64-42-44-73-71-30-16-22-36-79(71)85(81(73)54-64)75-32-18-12-26-67(75)68-27-13-19-33-76(68)85)65-43-45-74-72-31-17-23-37-80(72)86(82(74)55-65)77-34-20-14-28-69(77)70-29-15-21-35-78(70)86/h9-45,48-55H,7-8,46-47H2,1-6H3. The minimum Gasteiger partial charge on any atom is -0.310 e. The molecule has 16 rings (SSSR count). The average molecular weight is 1120 g/mol. The van der Waals surface area contributed by atoms with Crippen molar-refractivity contribution in [3.8, 4) is 77.9 Å². The van der Waals surface area contributed by atoms with E-state index < -0.39 is 10.8 Å². The molecule has 0 aromatic heterocycles. The van der Waals surface area contributed by atoms with Crippen LogP contribution in [0.5, 0.6) is 0 Å². The van der Waals surface area contributed by atoms with Crippen molar-refractivity contribution in [3.63, 3.8) is 0 Å². The quantitative estimate of drug-likeness (QED) is 0.118. The first-order valence-electron chi connectivity index (χ1n) is 31.7. The van der Waals surface area contributed by atoms with E-state index in [9.17, 15) is 0 Å². The van der Waals surface area contributed by atoms with Gasteiger partial charge in [-0.25, -0.2) is 0 Å². The van der Waals surface area contributed by atoms with Crippen molar-refractivity contribution in [3.05, 3.63) is 329 Å². The van der Waals surface area contributed by atoms with Crippen LogP contribution in [0, 0.1) is 0 Å². The number of benzene rings is 12. The Morgan fingerprint density at radius 2 is 0.552 bits per heavy atom. The molecule has 0 aliphatic heterocycles. The Balaban J connectivity index is 0.935. The van der Waals surface area contributed by atoms with Gasteiger partial charge in [0.2, 0.25) is 0 Å². The molecule has 0 atom stereocenters. The van der Waals surface area contributed by atoms with Crippen molar-refractivity contribution >= 4 is 17.1 Å². The van der Waals surface area contributed by atoms with Gasteiger partial charge in [0.25, 0.3) is 0 Å². The smallest absolute Gasteiger partial charge is 0.0726 e. The maximum Gasteiger partial charge on any atom is 0.0726 e. The Labute approximate surface area is 514 Å². The summed E-state index contributed by atoms with van der Waals surface area (Å²) in [4.78, 5) is 2.58. The fraction of sp³-hybridized carbons (Fsp3) is 0.163. The van der Waals surface area contributed by atoms with Crippen molar-refractivity contribution in [2.24, 2.45) is 0 Å². The van der Waals surface area contributed by atoms with Crippen LogP contribution in [-0.4, -0.2) is 0 Å². The average Bonchev–Trinajstić information content (AvgIpc) is 1.53. The second-order valence-electron chi connectivity index (χ2n) is 26.3. The highest BCUT2D eigenvalue weighted by Crippen LogP contribution is 2.66. The molecule has 0 radical (unpaired) electrons. The molecule has 4 aliphatic carbocycles. The molecule has 0 N–H and O–H groups in total. The van der Waals surface area contributed by atoms with Gasteiger partial charge in [-0.05, 0) is 200 Å². The van der Waals surface area contributed by atoms with Crippen molar-refractivity contribution in [2.45, 2.75) is 88.9 Å². The molecule has 0 fully saturated rings. The van der Waals surface area contributed by atoms with E-state index in [-0.39, 0.29) is 10.8 Å². The zero-order valence-corrected chi connectivity index (χ0v) is 50.8. The summed E-state index contributed by atoms with van der Waals surface area (Å²) in [6.07, 6.45) is 4.58. The summed E-state index contributed by atoms with van der Waals surface area (Å²) in [5, 5.41) is 0. The van der Waals surface area contributed by atoms with Crippen molar-refractivity contribution < 1.29 is 0 Å². The zero-order chi connectivity index (χ0) is 58.8. The van der Waals surface area contributed by atoms with Gasteiger partial charge < -0.3 is 4.90 Å². The molecule has 0 saturated heterocycles. The predicted molar refractivity (Wildman–Crippen MR) is 366 cm³/mol. The second-order valence-corrected chi connectivity index (χ2v) is 26.3. The van der Waals surface area contributed by atoms with Crippen LogP contribution in [0.15, 0.2) is 273 Å². The van der Waals surface area contributed by atoms with Crippen LogP contribution in [0.25, 0.3) is 77.9 Å². The lowest BCUT2D eigenvalue weighted by molar-refractivity contribution is 0.458. The molecule has 1 nitrogen and oxygen atoms in total. The van der Waals surface area contributed by atoms with Crippen molar-refractivity contribution in [1.82, 2.24) is 0 Å². The Morgan fingerprint density at radius 3 is 0.897 bits per heavy atom. The summed E-state index contributed by atoms with van der Waals surface area (Å²) in [6.45, 7) is 14.3. The molecule has 420 valence electrons. The van der Waals surface area contributed by atoms with Gasteiger partial charge in [-0.2, -0.15) is 0 Å². The van der Waals surface area contributed by atoms with E-state index in [1.807, 2.05) is 0 Å². The maximum absolute atomic E-state index is 2.58. The zero-order valence-electron chi connectivity index (χ0n) is 50.8. The highest BCUT2D eigenvalue weighted by atomic mass is 15.1. The largest absolute Gasteiger partial charge is 0.310 e. The fourth-order valence-electron chi connectivity index (χ4n) is 16.6. The van der Waals surface area contributed by atoms with Gasteiger partial charge >= 0.3 is 0 Å². The summed E-state index contributed by atoms with van der Waals surface area (Å²) >= 11 is 0. The summed E-state index contributed by atoms with van der Waals surface area (Å²) in [5.74, 6) is 0. The molecule has 0 bridgehead atoms. The summed E-state index contributed by atoms with van der Waals surface area (Å²) in [6, 6.07) is 105. The minimum absolute atomic E-state index is 0.0623. The highest BCUT2D eigenvalue weighted by Gasteiger charge is 2.53. The van der Waals surface area contributed by atoms with Crippen LogP contribution < -0.4 is 4.90 Å². The van der Waals surface area contributed by atoms with Gasteiger partial charge in [-0.1, -0.05) is 285 Å². The van der Waals surface area contributed by atoms with E-state index in [0.717, 1.165) is 53.9 Å². The first kappa shape index (κ1) is 53.0. The Morgan fingerprint density at radius 1 is 0.253 bits per heavy atom. The number of anilines is 3. The normalized spacial score (nSPS) is 14.0. The third-order valence-electron chi connectivity index (χ3n) is 20.6. The van der Waals surface area contributed by atoms with Crippen LogP contribution in [0.4, 0.5) is 17.1 Å². The maximum atomic E-state index is 2.58. The molecule has 2 spiro atoms. The molecule has 0 heterocycles. The molecule has 1 heteroatoms. The Hall–Kier alpha value is -9.56. The van der Waals surface area contributed by atoms with E-state index in [2.05, 4.69) is 319 Å². The van der Waals surface area contributed by atoms with E-state index in [1.54, 1.807) is 0 Å². The van der Waals surface area contributed by atoms with E-state index in [1.165, 1.54) is 122 Å². The SMILES string of the molecule is CCCC(C)(C)c1cc(-c2ccc(-c3cc(-c4ccccc4)cc(N(c4ccc5c(c4)C4(c6ccccc6-c6ccccc64)c4ccccc4-5)c4ccc5c(c4)C4(c6ccccc6-c6ccccc64)c4ccccc4-5)c3)cc2)cc(C(C)(C)CCC)c1. The lowest BCUT2D eigenvalue weighted by Gasteiger charge is -2.33. The van der Waals surface area contributed by atoms with Crippen LogP contribution in [0.1, 0.15) is 123 Å². The molecule has 0 unspecified atom stereocenters. The summed E-state index contributed by atoms with van der Waals surface area (Å²) in [7, 11) is 0. The number of nitrogens with zero attached hydrogens (tertiary/aromatic N) is 1. The van der Waals surface area contributed by atoms with E-state index in [0.29, 0.717) is 0 Å². The molecule has 0 saturated carbocycles. The molecular formula is C86H71N. The number of hydrogen-bond acceptors (Lipinski definition) is 1. The van der Waals surface area contributed by atoms with Crippen LogP contribution in [-0.2, 0) is 21.7 Å². The van der Waals surface area contributed by atoms with Gasteiger partial charge in [0.1, 0.15) is 0 Å². The topological polar surface area (TPSA) is 3.24 Å². The van der Waals surface area contributed by atoms with Gasteiger partial charge in [0, 0.05) is 17.1 Å². The molecule has 87 heavy (non-hydrogen) atoms. The van der Waals surface area contributed by atoms with Gasteiger partial charge in [-0.3, -0.25) is 0 Å². The third kappa shape index (κ3) is 7.84. The second kappa shape index (κ2) is 20.0. The molecule has 4 aliphatic rings. The first-order chi connectivity index (χ1) is 42.5. The highest BCUT2D eigenvalue weighted by molar-refractivity contribution is 5.99. The fourth-order valence-corrected chi connectivity index (χ4v) is 16.6. The molecular weight excluding hydrogens is 1050 g/mol. The number of rotatable bonds is 12. The van der Waals surface area contributed by atoms with Crippen LogP contribution in [0.3, 0.4) is 0 Å². The first-order valence-corrected chi connectivity index (χ1v) is 31.7. The van der Waals surface area contributed by atoms with Crippen molar-refractivity contribution in [2.75, 3.05) is 4.90 Å². The third-order valence-corrected chi connectivity index (χ3v) is 20.6. The summed E-state index contributed by atoms with van der Waals surface area (Å²) < 4.78 is 0. The van der Waals surface area contributed by atoms with Gasteiger partial charge in [0.15, 0.2) is 0 Å². The van der Waals surface area contributed by atoms with E-state index in [4.69, 9.17) is 0 Å². The van der Waals surface area contributed by atoms with Crippen LogP contribution in [0.2, 0.25) is 0 Å². The number of hydrogen-bond donors (Lipinski definition) is 0. The lowest BCUT2D eigenvalue weighted by atomic mass is 9.70. The number of fused-ring (bicyclic) bond motifs is 20. The summed E-state index contributed by atoms with van der Waals surface area (Å²) in [5.41, 5.74) is 33.5. The van der Waals surface area contributed by atoms with Gasteiger partial charge in [0.05, 0.1) is 10.8 Å². The van der Waals surface area contributed by atoms with E-state index >= 15 is 0 Å². The van der Waals surface area contributed by atoms with Crippen molar-refractivity contribution in [1.29, 1.82) is 0 Å². The Bertz CT molecular complexity index is 4370. The Kier molecular flexibility index (Phi) is 12.2. The predicted octanol–water partition coefficient (Wildman–Crippen LogP) is 23.0.